The van der Waals surface area contributed by atoms with Crippen LogP contribution in [0.15, 0.2) is 24.3 Å². The maximum Gasteiger partial charge on any atom is 0.338 e. The summed E-state index contributed by atoms with van der Waals surface area (Å²) in [5, 5.41) is 0. The Morgan fingerprint density at radius 1 is 0.688 bits per heavy atom. The van der Waals surface area contributed by atoms with Gasteiger partial charge in [-0.3, -0.25) is 9.59 Å². The van der Waals surface area contributed by atoms with Crippen LogP contribution in [0.5, 0.6) is 0 Å². The van der Waals surface area contributed by atoms with E-state index in [9.17, 15) is 19.2 Å². The topological polar surface area (TPSA) is 105 Å². The molecule has 1 aliphatic carbocycles. The van der Waals surface area contributed by atoms with Crippen LogP contribution in [0.2, 0.25) is 0 Å². The van der Waals surface area contributed by atoms with E-state index >= 15 is 0 Å². The quantitative estimate of drug-likeness (QED) is 0.427. The van der Waals surface area contributed by atoms with E-state index in [1.807, 2.05) is 0 Å². The van der Waals surface area contributed by atoms with Crippen LogP contribution in [0.3, 0.4) is 0 Å². The highest BCUT2D eigenvalue weighted by atomic mass is 16.5. The molecule has 180 valence electrons. The van der Waals surface area contributed by atoms with Gasteiger partial charge in [0.05, 0.1) is 49.4 Å². The summed E-state index contributed by atoms with van der Waals surface area (Å²) in [5.41, 5.74) is 0.477. The monoisotopic (exact) mass is 452 g/mol. The standard InChI is InChI=1S/C12H20O4.C12H14O4.H2/c2*1-3-15-11(13)9-7-5-6-8-10(9)12(14)16-4-2;/h9-10H,3-8H2,1-2H3;5-8H,3-4H2,1-2H3;1H. The summed E-state index contributed by atoms with van der Waals surface area (Å²) < 4.78 is 19.7. The van der Waals surface area contributed by atoms with Gasteiger partial charge in [0.15, 0.2) is 0 Å². The lowest BCUT2D eigenvalue weighted by Crippen LogP contribution is -2.35. The number of hydrogen-bond acceptors (Lipinski definition) is 8. The smallest absolute Gasteiger partial charge is 0.338 e. The number of esters is 4. The first-order chi connectivity index (χ1) is 15.4. The Kier molecular flexibility index (Phi) is 12.7. The van der Waals surface area contributed by atoms with Crippen molar-refractivity contribution in [1.29, 1.82) is 0 Å². The molecule has 2 atom stereocenters. The van der Waals surface area contributed by atoms with Crippen molar-refractivity contribution in [3.05, 3.63) is 35.4 Å². The van der Waals surface area contributed by atoms with Crippen LogP contribution in [0, 0.1) is 11.8 Å². The van der Waals surface area contributed by atoms with Gasteiger partial charge >= 0.3 is 23.9 Å². The van der Waals surface area contributed by atoms with Gasteiger partial charge in [0, 0.05) is 1.43 Å². The third kappa shape index (κ3) is 8.32. The lowest BCUT2D eigenvalue weighted by Gasteiger charge is -2.27. The summed E-state index contributed by atoms with van der Waals surface area (Å²) in [6, 6.07) is 6.44. The summed E-state index contributed by atoms with van der Waals surface area (Å²) in [6.45, 7) is 8.26. The SMILES string of the molecule is CCOC(=O)C1CCCCC1C(=O)OCC.CCOC(=O)c1ccccc1C(=O)OCC.[HH]. The van der Waals surface area contributed by atoms with Gasteiger partial charge < -0.3 is 18.9 Å². The number of carbonyl (C=O) groups is 4. The minimum atomic E-state index is -0.508. The molecule has 1 aromatic rings. The van der Waals surface area contributed by atoms with Crippen molar-refractivity contribution in [2.45, 2.75) is 53.4 Å². The second-order valence-corrected chi connectivity index (χ2v) is 6.99. The molecular formula is C24H36O8. The predicted molar refractivity (Wildman–Crippen MR) is 119 cm³/mol. The van der Waals surface area contributed by atoms with Gasteiger partial charge in [0.2, 0.25) is 0 Å². The number of rotatable bonds is 8. The highest BCUT2D eigenvalue weighted by molar-refractivity contribution is 6.03. The molecule has 32 heavy (non-hydrogen) atoms. The minimum absolute atomic E-state index is 0. The minimum Gasteiger partial charge on any atom is -0.466 e. The number of carbonyl (C=O) groups excluding carboxylic acids is 4. The lowest BCUT2D eigenvalue weighted by atomic mass is 9.79. The van der Waals surface area contributed by atoms with E-state index in [1.165, 1.54) is 0 Å². The van der Waals surface area contributed by atoms with Crippen LogP contribution in [0.1, 0.15) is 75.5 Å². The maximum absolute atomic E-state index is 11.7. The van der Waals surface area contributed by atoms with E-state index in [2.05, 4.69) is 0 Å². The van der Waals surface area contributed by atoms with Crippen molar-refractivity contribution in [3.8, 4) is 0 Å². The van der Waals surface area contributed by atoms with Crippen molar-refractivity contribution in [3.63, 3.8) is 0 Å². The predicted octanol–water partition coefficient (Wildman–Crippen LogP) is 4.21. The normalized spacial score (nSPS) is 17.2. The number of ether oxygens (including phenoxy) is 4. The van der Waals surface area contributed by atoms with Gasteiger partial charge in [0.1, 0.15) is 0 Å². The molecule has 1 fully saturated rings. The zero-order valence-electron chi connectivity index (χ0n) is 19.4. The van der Waals surface area contributed by atoms with Crippen LogP contribution in [0.4, 0.5) is 0 Å². The van der Waals surface area contributed by atoms with Gasteiger partial charge in [-0.2, -0.15) is 0 Å². The molecule has 8 nitrogen and oxygen atoms in total. The molecule has 0 aromatic heterocycles. The first kappa shape index (κ1) is 27.1. The molecule has 0 aliphatic heterocycles. The molecule has 0 radical (unpaired) electrons. The van der Waals surface area contributed by atoms with Crippen molar-refractivity contribution < 1.29 is 39.6 Å². The highest BCUT2D eigenvalue weighted by Crippen LogP contribution is 2.32. The Hall–Kier alpha value is -2.90. The average molecular weight is 453 g/mol. The van der Waals surface area contributed by atoms with Crippen LogP contribution < -0.4 is 0 Å². The van der Waals surface area contributed by atoms with Crippen molar-refractivity contribution in [2.75, 3.05) is 26.4 Å². The Labute approximate surface area is 191 Å². The summed E-state index contributed by atoms with van der Waals surface area (Å²) in [6.07, 6.45) is 3.45. The molecular weight excluding hydrogens is 416 g/mol. The summed E-state index contributed by atoms with van der Waals surface area (Å²) in [4.78, 5) is 46.5. The van der Waals surface area contributed by atoms with Crippen molar-refractivity contribution >= 4 is 23.9 Å². The Balaban J connectivity index is 0.000000602. The van der Waals surface area contributed by atoms with E-state index in [0.717, 1.165) is 25.7 Å². The number of hydrogen-bond donors (Lipinski definition) is 0. The van der Waals surface area contributed by atoms with Crippen LogP contribution in [-0.4, -0.2) is 50.3 Å². The van der Waals surface area contributed by atoms with Crippen LogP contribution in [0.25, 0.3) is 0 Å². The molecule has 2 rings (SSSR count). The molecule has 8 heteroatoms. The van der Waals surface area contributed by atoms with Gasteiger partial charge in [-0.15, -0.1) is 0 Å². The van der Waals surface area contributed by atoms with Gasteiger partial charge in [0.25, 0.3) is 0 Å². The molecule has 1 aliphatic rings. The van der Waals surface area contributed by atoms with E-state index in [1.54, 1.807) is 52.0 Å². The zero-order valence-corrected chi connectivity index (χ0v) is 19.4. The molecule has 2 unspecified atom stereocenters. The fourth-order valence-electron chi connectivity index (χ4n) is 3.45. The van der Waals surface area contributed by atoms with Gasteiger partial charge in [-0.25, -0.2) is 9.59 Å². The highest BCUT2D eigenvalue weighted by Gasteiger charge is 2.37. The first-order valence-electron chi connectivity index (χ1n) is 11.2. The third-order valence-electron chi connectivity index (χ3n) is 4.86. The average Bonchev–Trinajstić information content (AvgIpc) is 2.80. The summed E-state index contributed by atoms with van der Waals surface area (Å²) in [5.74, 6) is -2.11. The van der Waals surface area contributed by atoms with Crippen LogP contribution in [-0.2, 0) is 28.5 Å². The second-order valence-electron chi connectivity index (χ2n) is 6.99. The Morgan fingerprint density at radius 3 is 1.34 bits per heavy atom. The molecule has 0 heterocycles. The van der Waals surface area contributed by atoms with E-state index in [4.69, 9.17) is 18.9 Å². The molecule has 0 N–H and O–H groups in total. The van der Waals surface area contributed by atoms with E-state index in [-0.39, 0.29) is 49.5 Å². The fraction of sp³-hybridized carbons (Fsp3) is 0.583. The molecule has 0 spiro atoms. The second kappa shape index (κ2) is 15.0. The molecule has 0 amide bonds. The van der Waals surface area contributed by atoms with Gasteiger partial charge in [-0.05, 0) is 52.7 Å². The fourth-order valence-corrected chi connectivity index (χ4v) is 3.45. The van der Waals surface area contributed by atoms with Crippen LogP contribution >= 0.6 is 0 Å². The van der Waals surface area contributed by atoms with Crippen molar-refractivity contribution in [1.82, 2.24) is 0 Å². The Morgan fingerprint density at radius 2 is 1.03 bits per heavy atom. The maximum atomic E-state index is 11.7. The number of benzene rings is 1. The molecule has 0 saturated heterocycles. The summed E-state index contributed by atoms with van der Waals surface area (Å²) in [7, 11) is 0. The third-order valence-corrected chi connectivity index (χ3v) is 4.86. The Bertz CT molecular complexity index is 702. The summed E-state index contributed by atoms with van der Waals surface area (Å²) >= 11 is 0. The molecule has 1 saturated carbocycles. The largest absolute Gasteiger partial charge is 0.466 e. The van der Waals surface area contributed by atoms with E-state index < -0.39 is 11.9 Å². The van der Waals surface area contributed by atoms with Gasteiger partial charge in [-0.1, -0.05) is 25.0 Å². The lowest BCUT2D eigenvalue weighted by molar-refractivity contribution is -0.162. The van der Waals surface area contributed by atoms with Crippen molar-refractivity contribution in [2.24, 2.45) is 11.8 Å². The molecule has 1 aromatic carbocycles. The molecule has 0 bridgehead atoms. The van der Waals surface area contributed by atoms with E-state index in [0.29, 0.717) is 13.2 Å². The zero-order chi connectivity index (χ0) is 23.9. The first-order valence-corrected chi connectivity index (χ1v) is 11.2.